The number of aromatic nitrogens is 2. The molecule has 1 N–H and O–H groups in total. The van der Waals surface area contributed by atoms with Gasteiger partial charge in [-0.3, -0.25) is 0 Å². The van der Waals surface area contributed by atoms with Crippen LogP contribution in [-0.2, 0) is 12.8 Å². The summed E-state index contributed by atoms with van der Waals surface area (Å²) < 4.78 is 45.0. The standard InChI is InChI=1S/C20H22ClF3N4O/c21-17-4-1-3-16(20(22,23)24)15(17)11-29-14-9-26-18(27-10-14)28-8-6-19(13-28)5-2-7-25-12-19/h1,3-4,9-10,25H,2,5-8,11-13H2. The molecule has 3 heterocycles. The van der Waals surface area contributed by atoms with Gasteiger partial charge in [0.15, 0.2) is 5.75 Å². The van der Waals surface area contributed by atoms with Crippen molar-refractivity contribution in [3.05, 3.63) is 46.7 Å². The van der Waals surface area contributed by atoms with E-state index < -0.39 is 11.7 Å². The molecule has 2 aliphatic rings. The summed E-state index contributed by atoms with van der Waals surface area (Å²) in [7, 11) is 0. The van der Waals surface area contributed by atoms with Gasteiger partial charge in [0.05, 0.1) is 18.0 Å². The lowest BCUT2D eigenvalue weighted by Crippen LogP contribution is -2.42. The molecule has 1 aromatic heterocycles. The molecule has 5 nitrogen and oxygen atoms in total. The highest BCUT2D eigenvalue weighted by atomic mass is 35.5. The van der Waals surface area contributed by atoms with Crippen LogP contribution in [0, 0.1) is 5.41 Å². The normalized spacial score (nSPS) is 22.3. The van der Waals surface area contributed by atoms with Crippen molar-refractivity contribution in [2.45, 2.75) is 32.0 Å². The van der Waals surface area contributed by atoms with Crippen LogP contribution in [0.2, 0.25) is 5.02 Å². The number of hydrogen-bond acceptors (Lipinski definition) is 5. The van der Waals surface area contributed by atoms with Gasteiger partial charge in [-0.25, -0.2) is 9.97 Å². The topological polar surface area (TPSA) is 50.3 Å². The molecule has 29 heavy (non-hydrogen) atoms. The van der Waals surface area contributed by atoms with E-state index in [9.17, 15) is 13.2 Å². The Hall–Kier alpha value is -2.06. The molecule has 1 aromatic carbocycles. The molecular formula is C20H22ClF3N4O. The first kappa shape index (κ1) is 20.2. The van der Waals surface area contributed by atoms with Crippen molar-refractivity contribution in [2.75, 3.05) is 31.1 Å². The molecule has 9 heteroatoms. The molecule has 0 radical (unpaired) electrons. The fraction of sp³-hybridized carbons (Fsp3) is 0.500. The van der Waals surface area contributed by atoms with Gasteiger partial charge in [-0.05, 0) is 37.9 Å². The molecule has 1 atom stereocenters. The Morgan fingerprint density at radius 2 is 2.00 bits per heavy atom. The predicted octanol–water partition coefficient (Wildman–Crippen LogP) is 4.31. The number of nitrogens with zero attached hydrogens (tertiary/aromatic N) is 3. The molecule has 2 fully saturated rings. The largest absolute Gasteiger partial charge is 0.486 e. The summed E-state index contributed by atoms with van der Waals surface area (Å²) in [6, 6.07) is 3.68. The maximum Gasteiger partial charge on any atom is 0.416 e. The summed E-state index contributed by atoms with van der Waals surface area (Å²) in [6.07, 6.45) is 1.99. The zero-order valence-electron chi connectivity index (χ0n) is 15.8. The summed E-state index contributed by atoms with van der Waals surface area (Å²) >= 11 is 5.96. The van der Waals surface area contributed by atoms with Crippen molar-refractivity contribution in [3.63, 3.8) is 0 Å². The van der Waals surface area contributed by atoms with Crippen LogP contribution in [0.5, 0.6) is 5.75 Å². The Morgan fingerprint density at radius 3 is 2.69 bits per heavy atom. The van der Waals surface area contributed by atoms with Gasteiger partial charge in [-0.1, -0.05) is 17.7 Å². The van der Waals surface area contributed by atoms with Gasteiger partial charge in [0.25, 0.3) is 0 Å². The Morgan fingerprint density at radius 1 is 1.21 bits per heavy atom. The van der Waals surface area contributed by atoms with Crippen molar-refractivity contribution in [1.82, 2.24) is 15.3 Å². The highest BCUT2D eigenvalue weighted by Gasteiger charge is 2.39. The van der Waals surface area contributed by atoms with Crippen molar-refractivity contribution in [2.24, 2.45) is 5.41 Å². The van der Waals surface area contributed by atoms with Crippen LogP contribution in [0.15, 0.2) is 30.6 Å². The minimum Gasteiger partial charge on any atom is -0.486 e. The van der Waals surface area contributed by atoms with E-state index in [4.69, 9.17) is 16.3 Å². The maximum absolute atomic E-state index is 13.2. The number of alkyl halides is 3. The number of benzene rings is 1. The number of anilines is 1. The first-order valence-corrected chi connectivity index (χ1v) is 9.99. The minimum atomic E-state index is -4.50. The molecule has 4 rings (SSSR count). The van der Waals surface area contributed by atoms with Gasteiger partial charge in [0, 0.05) is 35.6 Å². The Labute approximate surface area is 172 Å². The van der Waals surface area contributed by atoms with Crippen LogP contribution in [-0.4, -0.2) is 36.1 Å². The van der Waals surface area contributed by atoms with E-state index in [0.717, 1.165) is 38.7 Å². The van der Waals surface area contributed by atoms with E-state index in [2.05, 4.69) is 20.2 Å². The molecular weight excluding hydrogens is 405 g/mol. The lowest BCUT2D eigenvalue weighted by atomic mass is 9.80. The Kier molecular flexibility index (Phi) is 5.57. The number of rotatable bonds is 4. The SMILES string of the molecule is FC(F)(F)c1cccc(Cl)c1COc1cnc(N2CCC3(CCCNC3)C2)nc1. The number of hydrogen-bond donors (Lipinski definition) is 1. The van der Waals surface area contributed by atoms with Crippen molar-refractivity contribution in [3.8, 4) is 5.75 Å². The number of halogens is 4. The number of piperidine rings is 1. The van der Waals surface area contributed by atoms with E-state index in [1.807, 2.05) is 0 Å². The van der Waals surface area contributed by atoms with Crippen LogP contribution in [0.3, 0.4) is 0 Å². The molecule has 0 amide bonds. The quantitative estimate of drug-likeness (QED) is 0.789. The lowest BCUT2D eigenvalue weighted by Gasteiger charge is -2.33. The lowest BCUT2D eigenvalue weighted by molar-refractivity contribution is -0.138. The highest BCUT2D eigenvalue weighted by molar-refractivity contribution is 6.31. The van der Waals surface area contributed by atoms with Crippen LogP contribution < -0.4 is 15.0 Å². The molecule has 2 aliphatic heterocycles. The summed E-state index contributed by atoms with van der Waals surface area (Å²) in [6.45, 7) is 3.59. The summed E-state index contributed by atoms with van der Waals surface area (Å²) in [5.41, 5.74) is -0.613. The smallest absolute Gasteiger partial charge is 0.416 e. The zero-order valence-corrected chi connectivity index (χ0v) is 16.6. The third kappa shape index (κ3) is 4.43. The molecule has 0 saturated carbocycles. The van der Waals surface area contributed by atoms with Gasteiger partial charge < -0.3 is 15.0 Å². The van der Waals surface area contributed by atoms with Crippen LogP contribution >= 0.6 is 11.6 Å². The molecule has 1 unspecified atom stereocenters. The van der Waals surface area contributed by atoms with E-state index in [1.165, 1.54) is 37.4 Å². The molecule has 156 valence electrons. The van der Waals surface area contributed by atoms with Crippen LogP contribution in [0.25, 0.3) is 0 Å². The van der Waals surface area contributed by atoms with E-state index in [0.29, 0.717) is 11.7 Å². The first-order valence-electron chi connectivity index (χ1n) is 9.61. The van der Waals surface area contributed by atoms with Gasteiger partial charge in [-0.15, -0.1) is 0 Å². The average molecular weight is 427 g/mol. The maximum atomic E-state index is 13.2. The van der Waals surface area contributed by atoms with Gasteiger partial charge in [-0.2, -0.15) is 13.2 Å². The third-order valence-corrected chi connectivity index (χ3v) is 6.06. The second-order valence-electron chi connectivity index (χ2n) is 7.72. The fourth-order valence-electron chi connectivity index (χ4n) is 4.16. The van der Waals surface area contributed by atoms with E-state index >= 15 is 0 Å². The minimum absolute atomic E-state index is 0.0146. The predicted molar refractivity (Wildman–Crippen MR) is 104 cm³/mol. The van der Waals surface area contributed by atoms with Gasteiger partial charge >= 0.3 is 6.18 Å². The van der Waals surface area contributed by atoms with Crippen molar-refractivity contribution < 1.29 is 17.9 Å². The Bertz CT molecular complexity index is 854. The third-order valence-electron chi connectivity index (χ3n) is 5.70. The molecule has 0 aliphatic carbocycles. The zero-order chi connectivity index (χ0) is 20.5. The molecule has 1 spiro atoms. The fourth-order valence-corrected chi connectivity index (χ4v) is 4.39. The first-order chi connectivity index (χ1) is 13.9. The number of nitrogens with one attached hydrogen (secondary N) is 1. The molecule has 2 saturated heterocycles. The molecule has 0 bridgehead atoms. The average Bonchev–Trinajstić information content (AvgIpc) is 3.10. The van der Waals surface area contributed by atoms with Crippen molar-refractivity contribution in [1.29, 1.82) is 0 Å². The van der Waals surface area contributed by atoms with E-state index in [-0.39, 0.29) is 22.6 Å². The van der Waals surface area contributed by atoms with Crippen LogP contribution in [0.4, 0.5) is 19.1 Å². The van der Waals surface area contributed by atoms with E-state index in [1.54, 1.807) is 0 Å². The Balaban J connectivity index is 1.41. The van der Waals surface area contributed by atoms with Crippen molar-refractivity contribution >= 4 is 17.5 Å². The summed E-state index contributed by atoms with van der Waals surface area (Å²) in [5, 5.41) is 3.49. The highest BCUT2D eigenvalue weighted by Crippen LogP contribution is 2.38. The summed E-state index contributed by atoms with van der Waals surface area (Å²) in [5.74, 6) is 0.920. The van der Waals surface area contributed by atoms with Crippen LogP contribution in [0.1, 0.15) is 30.4 Å². The second kappa shape index (κ2) is 7.99. The van der Waals surface area contributed by atoms with Gasteiger partial charge in [0.1, 0.15) is 6.61 Å². The second-order valence-corrected chi connectivity index (χ2v) is 8.13. The van der Waals surface area contributed by atoms with Gasteiger partial charge in [0.2, 0.25) is 5.95 Å². The summed E-state index contributed by atoms with van der Waals surface area (Å²) in [4.78, 5) is 10.9. The molecule has 2 aromatic rings. The number of ether oxygens (including phenoxy) is 1. The monoisotopic (exact) mass is 426 g/mol.